The van der Waals surface area contributed by atoms with Crippen molar-refractivity contribution in [3.63, 3.8) is 0 Å². The van der Waals surface area contributed by atoms with E-state index in [-0.39, 0.29) is 0 Å². The predicted octanol–water partition coefficient (Wildman–Crippen LogP) is 3.06. The lowest BCUT2D eigenvalue weighted by Crippen LogP contribution is -1.88. The number of hydrogen-bond acceptors (Lipinski definition) is 2. The van der Waals surface area contributed by atoms with Crippen LogP contribution in [0.3, 0.4) is 0 Å². The number of benzene rings is 2. The van der Waals surface area contributed by atoms with E-state index in [1.807, 2.05) is 24.4 Å². The minimum absolute atomic E-state index is 0.294. The maximum absolute atomic E-state index is 9.13. The van der Waals surface area contributed by atoms with Gasteiger partial charge in [-0.2, -0.15) is 5.10 Å². The summed E-state index contributed by atoms with van der Waals surface area (Å²) in [6.07, 6.45) is 2.91. The number of aliphatic hydroxyl groups is 1. The molecule has 3 nitrogen and oxygen atoms in total. The third-order valence-corrected chi connectivity index (χ3v) is 4.29. The summed E-state index contributed by atoms with van der Waals surface area (Å²) >= 11 is 0. The minimum Gasteiger partial charge on any atom is -0.396 e. The highest BCUT2D eigenvalue weighted by molar-refractivity contribution is 5.79. The number of H-pyrrole nitrogens is 1. The summed E-state index contributed by atoms with van der Waals surface area (Å²) in [5.74, 6) is 7.39. The van der Waals surface area contributed by atoms with Gasteiger partial charge in [0.2, 0.25) is 0 Å². The second kappa shape index (κ2) is 5.32. The van der Waals surface area contributed by atoms with Gasteiger partial charge in [-0.25, -0.2) is 0 Å². The summed E-state index contributed by atoms with van der Waals surface area (Å²) in [4.78, 5) is 0. The summed E-state index contributed by atoms with van der Waals surface area (Å²) in [5.41, 5.74) is 4.33. The van der Waals surface area contributed by atoms with Crippen molar-refractivity contribution < 1.29 is 5.11 Å². The van der Waals surface area contributed by atoms with E-state index in [1.54, 1.807) is 0 Å². The Balaban J connectivity index is 1.53. The number of nitrogens with one attached hydrogen (secondary N) is 1. The zero-order chi connectivity index (χ0) is 14.9. The van der Waals surface area contributed by atoms with Crippen LogP contribution in [0.2, 0.25) is 0 Å². The second-order valence-corrected chi connectivity index (χ2v) is 5.83. The fourth-order valence-corrected chi connectivity index (χ4v) is 2.84. The van der Waals surface area contributed by atoms with Crippen LogP contribution in [0.15, 0.2) is 48.7 Å². The van der Waals surface area contributed by atoms with E-state index in [1.165, 1.54) is 5.56 Å². The highest BCUT2D eigenvalue weighted by atomic mass is 16.3. The van der Waals surface area contributed by atoms with Gasteiger partial charge in [-0.15, -0.1) is 0 Å². The van der Waals surface area contributed by atoms with E-state index in [2.05, 4.69) is 46.3 Å². The molecule has 0 bridgehead atoms. The summed E-state index contributed by atoms with van der Waals surface area (Å²) < 4.78 is 0. The van der Waals surface area contributed by atoms with Crippen LogP contribution >= 0.6 is 0 Å². The first-order valence-corrected chi connectivity index (χ1v) is 7.49. The molecule has 1 heterocycles. The number of rotatable bonds is 2. The van der Waals surface area contributed by atoms with E-state index in [4.69, 9.17) is 5.11 Å². The number of nitrogens with zero attached hydrogens (tertiary/aromatic N) is 1. The van der Waals surface area contributed by atoms with Crippen molar-refractivity contribution in [2.75, 3.05) is 6.61 Å². The third-order valence-electron chi connectivity index (χ3n) is 4.29. The van der Waals surface area contributed by atoms with E-state index in [0.717, 1.165) is 28.5 Å². The van der Waals surface area contributed by atoms with Crippen molar-refractivity contribution in [2.24, 2.45) is 5.92 Å². The van der Waals surface area contributed by atoms with Gasteiger partial charge in [-0.1, -0.05) is 24.0 Å². The highest BCUT2D eigenvalue weighted by Gasteiger charge is 2.37. The molecule has 1 fully saturated rings. The normalized spacial score (nSPS) is 19.7. The van der Waals surface area contributed by atoms with Crippen LogP contribution in [-0.2, 0) is 0 Å². The van der Waals surface area contributed by atoms with Gasteiger partial charge in [0, 0.05) is 23.1 Å². The average molecular weight is 288 g/mol. The Morgan fingerprint density at radius 3 is 2.64 bits per heavy atom. The zero-order valence-corrected chi connectivity index (χ0v) is 12.1. The van der Waals surface area contributed by atoms with Crippen molar-refractivity contribution in [3.8, 4) is 11.8 Å². The zero-order valence-electron chi connectivity index (χ0n) is 12.1. The van der Waals surface area contributed by atoms with Crippen molar-refractivity contribution in [1.82, 2.24) is 10.2 Å². The Morgan fingerprint density at radius 1 is 1.09 bits per heavy atom. The van der Waals surface area contributed by atoms with Crippen molar-refractivity contribution >= 4 is 10.9 Å². The Kier molecular flexibility index (Phi) is 3.17. The Labute approximate surface area is 129 Å². The molecular formula is C19H16N2O. The maximum atomic E-state index is 9.13. The largest absolute Gasteiger partial charge is 0.396 e. The quantitative estimate of drug-likeness (QED) is 0.712. The predicted molar refractivity (Wildman–Crippen MR) is 86.4 cm³/mol. The first-order valence-electron chi connectivity index (χ1n) is 7.49. The monoisotopic (exact) mass is 288 g/mol. The number of aromatic nitrogens is 2. The molecule has 0 amide bonds. The van der Waals surface area contributed by atoms with E-state index in [0.29, 0.717) is 18.4 Å². The van der Waals surface area contributed by atoms with Gasteiger partial charge in [-0.05, 0) is 54.2 Å². The molecule has 2 N–H and O–H groups in total. The first kappa shape index (κ1) is 13.1. The van der Waals surface area contributed by atoms with Crippen LogP contribution in [-0.4, -0.2) is 21.9 Å². The van der Waals surface area contributed by atoms with E-state index < -0.39 is 0 Å². The summed E-state index contributed by atoms with van der Waals surface area (Å²) in [5, 5.41) is 17.2. The molecule has 0 radical (unpaired) electrons. The van der Waals surface area contributed by atoms with Crippen LogP contribution in [0.1, 0.15) is 29.0 Å². The molecule has 1 saturated carbocycles. The molecule has 3 heteroatoms. The minimum atomic E-state index is 0.294. The van der Waals surface area contributed by atoms with Crippen LogP contribution in [0.4, 0.5) is 0 Å². The molecule has 4 rings (SSSR count). The lowest BCUT2D eigenvalue weighted by atomic mass is 10.1. The molecule has 0 saturated heterocycles. The maximum Gasteiger partial charge on any atom is 0.0651 e. The van der Waals surface area contributed by atoms with Gasteiger partial charge in [-0.3, -0.25) is 5.10 Å². The molecule has 1 aromatic heterocycles. The molecule has 0 aliphatic heterocycles. The Bertz CT molecular complexity index is 868. The molecule has 1 aliphatic carbocycles. The molecule has 22 heavy (non-hydrogen) atoms. The van der Waals surface area contributed by atoms with Gasteiger partial charge in [0.25, 0.3) is 0 Å². The lowest BCUT2D eigenvalue weighted by molar-refractivity contribution is 0.274. The number of aromatic amines is 1. The third kappa shape index (κ3) is 2.49. The molecular weight excluding hydrogens is 272 g/mol. The van der Waals surface area contributed by atoms with E-state index >= 15 is 0 Å². The fourth-order valence-electron chi connectivity index (χ4n) is 2.84. The molecule has 2 aromatic carbocycles. The standard InChI is InChI=1S/C19H16N2O/c22-12-17-10-18(17)15-6-3-13(4-7-15)1-2-14-5-8-19-16(9-14)11-20-21-19/h3-9,11,17-18,22H,10,12H2,(H,20,21)/t17-,18-/m1/s1. The summed E-state index contributed by atoms with van der Waals surface area (Å²) in [6, 6.07) is 14.4. The molecule has 3 aromatic rings. The lowest BCUT2D eigenvalue weighted by Gasteiger charge is -1.99. The fraction of sp³-hybridized carbons (Fsp3) is 0.211. The topological polar surface area (TPSA) is 48.9 Å². The number of hydrogen-bond donors (Lipinski definition) is 2. The average Bonchev–Trinajstić information content (AvgIpc) is 3.21. The highest BCUT2D eigenvalue weighted by Crippen LogP contribution is 2.46. The van der Waals surface area contributed by atoms with Crippen molar-refractivity contribution in [2.45, 2.75) is 12.3 Å². The smallest absolute Gasteiger partial charge is 0.0651 e. The van der Waals surface area contributed by atoms with E-state index in [9.17, 15) is 0 Å². The van der Waals surface area contributed by atoms with Gasteiger partial charge in [0.15, 0.2) is 0 Å². The molecule has 0 unspecified atom stereocenters. The van der Waals surface area contributed by atoms with Crippen LogP contribution in [0.5, 0.6) is 0 Å². The number of aliphatic hydroxyl groups excluding tert-OH is 1. The van der Waals surface area contributed by atoms with Crippen LogP contribution in [0, 0.1) is 17.8 Å². The van der Waals surface area contributed by atoms with Crippen molar-refractivity contribution in [1.29, 1.82) is 0 Å². The van der Waals surface area contributed by atoms with Gasteiger partial charge in [0.1, 0.15) is 0 Å². The SMILES string of the molecule is OC[C@H]1C[C@@H]1c1ccc(C#Cc2ccc3[nH]ncc3c2)cc1. The number of fused-ring (bicyclic) bond motifs is 1. The van der Waals surface area contributed by atoms with Gasteiger partial charge in [0.05, 0.1) is 11.7 Å². The summed E-state index contributed by atoms with van der Waals surface area (Å²) in [6.45, 7) is 0.294. The second-order valence-electron chi connectivity index (χ2n) is 5.83. The van der Waals surface area contributed by atoms with Crippen molar-refractivity contribution in [3.05, 3.63) is 65.4 Å². The van der Waals surface area contributed by atoms with Gasteiger partial charge < -0.3 is 5.11 Å². The molecule has 1 aliphatic rings. The Hall–Kier alpha value is -2.57. The van der Waals surface area contributed by atoms with Crippen LogP contribution in [0.25, 0.3) is 10.9 Å². The Morgan fingerprint density at radius 2 is 1.86 bits per heavy atom. The summed E-state index contributed by atoms with van der Waals surface area (Å²) in [7, 11) is 0. The van der Waals surface area contributed by atoms with Crippen LogP contribution < -0.4 is 0 Å². The molecule has 108 valence electrons. The molecule has 0 spiro atoms. The molecule has 2 atom stereocenters. The first-order chi connectivity index (χ1) is 10.8. The van der Waals surface area contributed by atoms with Gasteiger partial charge >= 0.3 is 0 Å².